The molecule has 1 heterocycles. The number of hydrogen-bond acceptors (Lipinski definition) is 4. The van der Waals surface area contributed by atoms with Crippen LogP contribution < -0.4 is 0 Å². The maximum absolute atomic E-state index is 9.87. The topological polar surface area (TPSA) is 58.9 Å². The SMILES string of the molecule is C[C@@H]1C[C@@H]2CC3(C[C@@H]2[C@H]1CO)OCC(C)(O)CO3. The average Bonchev–Trinajstić information content (AvgIpc) is 2.77. The lowest BCUT2D eigenvalue weighted by Gasteiger charge is -2.41. The molecular weight excluding hydrogens is 232 g/mol. The van der Waals surface area contributed by atoms with Crippen LogP contribution in [0.4, 0.5) is 0 Å². The molecule has 2 saturated carbocycles. The number of fused-ring (bicyclic) bond motifs is 1. The smallest absolute Gasteiger partial charge is 0.169 e. The zero-order valence-electron chi connectivity index (χ0n) is 11.3. The van der Waals surface area contributed by atoms with Crippen LogP contribution in [0.5, 0.6) is 0 Å². The van der Waals surface area contributed by atoms with Crippen LogP contribution in [0.2, 0.25) is 0 Å². The standard InChI is InChI=1S/C14H24O4/c1-9-3-10-4-14(5-11(10)12(9)6-15)17-7-13(2,16)8-18-14/h9-12,15-16H,3-8H2,1-2H3/t9-,10-,11+,12+,13?,14?/m1/s1. The Labute approximate surface area is 108 Å². The molecule has 3 aliphatic rings. The van der Waals surface area contributed by atoms with Gasteiger partial charge in [-0.05, 0) is 37.0 Å². The lowest BCUT2D eigenvalue weighted by Crippen LogP contribution is -2.51. The number of aliphatic hydroxyl groups is 2. The minimum absolute atomic E-state index is 0.274. The Bertz CT molecular complexity index is 318. The van der Waals surface area contributed by atoms with Gasteiger partial charge >= 0.3 is 0 Å². The predicted molar refractivity (Wildman–Crippen MR) is 65.8 cm³/mol. The van der Waals surface area contributed by atoms with Gasteiger partial charge in [0.05, 0.1) is 13.2 Å². The zero-order chi connectivity index (χ0) is 13.0. The van der Waals surface area contributed by atoms with Crippen LogP contribution in [0.25, 0.3) is 0 Å². The molecule has 0 aromatic heterocycles. The third kappa shape index (κ3) is 1.99. The van der Waals surface area contributed by atoms with E-state index in [1.165, 1.54) is 6.42 Å². The van der Waals surface area contributed by atoms with Gasteiger partial charge in [0.1, 0.15) is 5.60 Å². The van der Waals surface area contributed by atoms with Gasteiger partial charge in [0.2, 0.25) is 0 Å². The summed E-state index contributed by atoms with van der Waals surface area (Å²) >= 11 is 0. The number of ether oxygens (including phenoxy) is 2. The monoisotopic (exact) mass is 256 g/mol. The third-order valence-electron chi connectivity index (χ3n) is 5.18. The van der Waals surface area contributed by atoms with Crippen molar-refractivity contribution in [1.82, 2.24) is 0 Å². The predicted octanol–water partition coefficient (Wildman–Crippen LogP) is 1.15. The molecule has 4 nitrogen and oxygen atoms in total. The molecule has 2 aliphatic carbocycles. The molecule has 1 spiro atoms. The molecule has 1 saturated heterocycles. The number of rotatable bonds is 1. The van der Waals surface area contributed by atoms with Crippen molar-refractivity contribution in [2.24, 2.45) is 23.7 Å². The van der Waals surface area contributed by atoms with Crippen LogP contribution in [-0.2, 0) is 9.47 Å². The molecule has 2 N–H and O–H groups in total. The summed E-state index contributed by atoms with van der Waals surface area (Å²) in [5.74, 6) is 1.65. The molecular formula is C14H24O4. The van der Waals surface area contributed by atoms with Crippen molar-refractivity contribution in [3.63, 3.8) is 0 Å². The Balaban J connectivity index is 1.70. The van der Waals surface area contributed by atoms with Gasteiger partial charge in [0, 0.05) is 19.4 Å². The molecule has 0 aromatic rings. The Morgan fingerprint density at radius 3 is 2.50 bits per heavy atom. The molecule has 0 unspecified atom stereocenters. The molecule has 104 valence electrons. The summed E-state index contributed by atoms with van der Waals surface area (Å²) in [6.07, 6.45) is 2.97. The molecule has 4 heteroatoms. The van der Waals surface area contributed by atoms with Crippen LogP contribution in [-0.4, -0.2) is 41.4 Å². The summed E-state index contributed by atoms with van der Waals surface area (Å²) in [6, 6.07) is 0. The first-order valence-corrected chi connectivity index (χ1v) is 7.06. The second-order valence-electron chi connectivity index (χ2n) is 6.88. The summed E-state index contributed by atoms with van der Waals surface area (Å²) in [4.78, 5) is 0. The lowest BCUT2D eigenvalue weighted by molar-refractivity contribution is -0.313. The summed E-state index contributed by atoms with van der Waals surface area (Å²) in [7, 11) is 0. The van der Waals surface area contributed by atoms with Gasteiger partial charge in [-0.1, -0.05) is 6.92 Å². The van der Waals surface area contributed by atoms with Crippen molar-refractivity contribution in [3.8, 4) is 0 Å². The fourth-order valence-electron chi connectivity index (χ4n) is 4.20. The van der Waals surface area contributed by atoms with Crippen LogP contribution in [0, 0.1) is 23.7 Å². The average molecular weight is 256 g/mol. The van der Waals surface area contributed by atoms with E-state index < -0.39 is 11.4 Å². The van der Waals surface area contributed by atoms with E-state index >= 15 is 0 Å². The van der Waals surface area contributed by atoms with Gasteiger partial charge in [0.25, 0.3) is 0 Å². The zero-order valence-corrected chi connectivity index (χ0v) is 11.3. The van der Waals surface area contributed by atoms with Gasteiger partial charge in [0.15, 0.2) is 5.79 Å². The number of hydrogen-bond donors (Lipinski definition) is 2. The molecule has 18 heavy (non-hydrogen) atoms. The van der Waals surface area contributed by atoms with Gasteiger partial charge in [-0.15, -0.1) is 0 Å². The van der Waals surface area contributed by atoms with Gasteiger partial charge in [-0.3, -0.25) is 0 Å². The highest BCUT2D eigenvalue weighted by Crippen LogP contribution is 2.56. The third-order valence-corrected chi connectivity index (χ3v) is 5.18. The van der Waals surface area contributed by atoms with Crippen LogP contribution in [0.15, 0.2) is 0 Å². The van der Waals surface area contributed by atoms with Crippen molar-refractivity contribution >= 4 is 0 Å². The second-order valence-corrected chi connectivity index (χ2v) is 6.88. The highest BCUT2D eigenvalue weighted by molar-refractivity contribution is 5.01. The van der Waals surface area contributed by atoms with Gasteiger partial charge < -0.3 is 19.7 Å². The molecule has 3 fully saturated rings. The van der Waals surface area contributed by atoms with E-state index in [4.69, 9.17) is 9.47 Å². The van der Waals surface area contributed by atoms with E-state index in [2.05, 4.69) is 6.92 Å². The largest absolute Gasteiger partial charge is 0.396 e. The van der Waals surface area contributed by atoms with Crippen LogP contribution in [0.1, 0.15) is 33.1 Å². The summed E-state index contributed by atoms with van der Waals surface area (Å²) < 4.78 is 11.7. The first kappa shape index (κ1) is 12.9. The Morgan fingerprint density at radius 2 is 1.89 bits per heavy atom. The first-order chi connectivity index (χ1) is 8.45. The fraction of sp³-hybridized carbons (Fsp3) is 1.00. The first-order valence-electron chi connectivity index (χ1n) is 7.06. The highest BCUT2D eigenvalue weighted by atomic mass is 16.7. The highest BCUT2D eigenvalue weighted by Gasteiger charge is 2.56. The maximum atomic E-state index is 9.87. The maximum Gasteiger partial charge on any atom is 0.169 e. The van der Waals surface area contributed by atoms with Crippen molar-refractivity contribution in [1.29, 1.82) is 0 Å². The van der Waals surface area contributed by atoms with Gasteiger partial charge in [-0.2, -0.15) is 0 Å². The van der Waals surface area contributed by atoms with E-state index in [9.17, 15) is 10.2 Å². The summed E-state index contributed by atoms with van der Waals surface area (Å²) in [6.45, 7) is 4.96. The van der Waals surface area contributed by atoms with Crippen molar-refractivity contribution in [2.45, 2.75) is 44.5 Å². The van der Waals surface area contributed by atoms with Crippen molar-refractivity contribution < 1.29 is 19.7 Å². The Hall–Kier alpha value is -0.160. The van der Waals surface area contributed by atoms with Crippen LogP contribution in [0.3, 0.4) is 0 Å². The Morgan fingerprint density at radius 1 is 1.22 bits per heavy atom. The molecule has 3 rings (SSSR count). The fourth-order valence-corrected chi connectivity index (χ4v) is 4.20. The van der Waals surface area contributed by atoms with Gasteiger partial charge in [-0.25, -0.2) is 0 Å². The van der Waals surface area contributed by atoms with E-state index in [1.807, 2.05) is 0 Å². The normalized spacial score (nSPS) is 56.0. The summed E-state index contributed by atoms with van der Waals surface area (Å²) in [5, 5.41) is 19.4. The van der Waals surface area contributed by atoms with E-state index in [0.717, 1.165) is 12.8 Å². The molecule has 0 radical (unpaired) electrons. The number of aliphatic hydroxyl groups excluding tert-OH is 1. The molecule has 0 aromatic carbocycles. The summed E-state index contributed by atoms with van der Waals surface area (Å²) in [5.41, 5.74) is -0.855. The molecule has 0 amide bonds. The quantitative estimate of drug-likeness (QED) is 0.739. The molecule has 0 bridgehead atoms. The molecule has 1 aliphatic heterocycles. The van der Waals surface area contributed by atoms with Crippen LogP contribution >= 0.6 is 0 Å². The lowest BCUT2D eigenvalue weighted by atomic mass is 9.89. The van der Waals surface area contributed by atoms with E-state index in [1.54, 1.807) is 6.92 Å². The van der Waals surface area contributed by atoms with E-state index in [-0.39, 0.29) is 6.61 Å². The minimum Gasteiger partial charge on any atom is -0.396 e. The Kier molecular flexibility index (Phi) is 2.98. The minimum atomic E-state index is -0.855. The van der Waals surface area contributed by atoms with Crippen molar-refractivity contribution in [3.05, 3.63) is 0 Å². The second kappa shape index (κ2) is 4.17. The molecule has 4 atom stereocenters. The van der Waals surface area contributed by atoms with Crippen molar-refractivity contribution in [2.75, 3.05) is 19.8 Å². The van der Waals surface area contributed by atoms with E-state index in [0.29, 0.717) is 36.9 Å².